The predicted molar refractivity (Wildman–Crippen MR) is 81.2 cm³/mol. The molecule has 1 aliphatic rings. The van der Waals surface area contributed by atoms with Gasteiger partial charge in [0.2, 0.25) is 0 Å². The molecule has 0 saturated heterocycles. The molecule has 110 valence electrons. The maximum absolute atomic E-state index is 12.4. The van der Waals surface area contributed by atoms with Crippen molar-refractivity contribution in [1.82, 2.24) is 4.90 Å². The molecule has 3 nitrogen and oxygen atoms in total. The van der Waals surface area contributed by atoms with Gasteiger partial charge >= 0.3 is 0 Å². The monoisotopic (exact) mass is 295 g/mol. The molecule has 0 aliphatic heterocycles. The molecule has 4 heteroatoms. The van der Waals surface area contributed by atoms with E-state index in [0.29, 0.717) is 16.8 Å². The highest BCUT2D eigenvalue weighted by atomic mass is 35.5. The third-order valence-electron chi connectivity index (χ3n) is 3.93. The van der Waals surface area contributed by atoms with Crippen molar-refractivity contribution in [1.29, 1.82) is 0 Å². The SMILES string of the molecule is C[C@H](Oc1cccc(Cl)c1)C(=O)N(C)C1CCCCC1. The molecule has 0 radical (unpaired) electrons. The summed E-state index contributed by atoms with van der Waals surface area (Å²) < 4.78 is 5.69. The molecule has 1 fully saturated rings. The molecule has 1 aromatic carbocycles. The number of nitrogens with zero attached hydrogens (tertiary/aromatic N) is 1. The second-order valence-corrected chi connectivity index (χ2v) is 5.89. The van der Waals surface area contributed by atoms with Crippen molar-refractivity contribution in [3.05, 3.63) is 29.3 Å². The molecule has 1 aliphatic carbocycles. The highest BCUT2D eigenvalue weighted by Gasteiger charge is 2.26. The lowest BCUT2D eigenvalue weighted by Crippen LogP contribution is -2.44. The van der Waals surface area contributed by atoms with Crippen LogP contribution >= 0.6 is 11.6 Å². The van der Waals surface area contributed by atoms with Gasteiger partial charge in [0, 0.05) is 18.1 Å². The summed E-state index contributed by atoms with van der Waals surface area (Å²) in [4.78, 5) is 14.3. The van der Waals surface area contributed by atoms with Crippen LogP contribution in [-0.4, -0.2) is 30.0 Å². The van der Waals surface area contributed by atoms with Gasteiger partial charge < -0.3 is 9.64 Å². The number of benzene rings is 1. The Morgan fingerprint density at radius 3 is 2.70 bits per heavy atom. The smallest absolute Gasteiger partial charge is 0.263 e. The van der Waals surface area contributed by atoms with E-state index in [4.69, 9.17) is 16.3 Å². The predicted octanol–water partition coefficient (Wildman–Crippen LogP) is 3.90. The molecular weight excluding hydrogens is 274 g/mol. The maximum Gasteiger partial charge on any atom is 0.263 e. The van der Waals surface area contributed by atoms with Crippen molar-refractivity contribution in [2.45, 2.75) is 51.2 Å². The van der Waals surface area contributed by atoms with E-state index in [1.54, 1.807) is 19.1 Å². The number of carbonyl (C=O) groups is 1. The first-order valence-corrected chi connectivity index (χ1v) is 7.64. The quantitative estimate of drug-likeness (QED) is 0.843. The molecule has 1 amide bonds. The number of rotatable bonds is 4. The lowest BCUT2D eigenvalue weighted by atomic mass is 9.94. The zero-order valence-corrected chi connectivity index (χ0v) is 12.9. The second-order valence-electron chi connectivity index (χ2n) is 5.46. The molecule has 0 unspecified atom stereocenters. The van der Waals surface area contributed by atoms with E-state index in [2.05, 4.69) is 0 Å². The van der Waals surface area contributed by atoms with Crippen LogP contribution in [0.4, 0.5) is 0 Å². The Morgan fingerprint density at radius 1 is 1.35 bits per heavy atom. The number of likely N-dealkylation sites (N-methyl/N-ethyl adjacent to an activating group) is 1. The highest BCUT2D eigenvalue weighted by molar-refractivity contribution is 6.30. The fourth-order valence-electron chi connectivity index (χ4n) is 2.73. The van der Waals surface area contributed by atoms with Crippen LogP contribution in [0.3, 0.4) is 0 Å². The van der Waals surface area contributed by atoms with Gasteiger partial charge in [0.25, 0.3) is 5.91 Å². The Kier molecular flexibility index (Phi) is 5.30. The maximum atomic E-state index is 12.4. The number of hydrogen-bond acceptors (Lipinski definition) is 2. The molecule has 0 spiro atoms. The first-order valence-electron chi connectivity index (χ1n) is 7.27. The Labute approximate surface area is 125 Å². The summed E-state index contributed by atoms with van der Waals surface area (Å²) in [5.41, 5.74) is 0. The summed E-state index contributed by atoms with van der Waals surface area (Å²) in [6.45, 7) is 1.79. The van der Waals surface area contributed by atoms with E-state index in [1.165, 1.54) is 19.3 Å². The van der Waals surface area contributed by atoms with Gasteiger partial charge in [0.15, 0.2) is 6.10 Å². The topological polar surface area (TPSA) is 29.5 Å². The molecule has 0 bridgehead atoms. The van der Waals surface area contributed by atoms with Gasteiger partial charge in [-0.1, -0.05) is 36.9 Å². The highest BCUT2D eigenvalue weighted by Crippen LogP contribution is 2.23. The fraction of sp³-hybridized carbons (Fsp3) is 0.562. The van der Waals surface area contributed by atoms with Crippen LogP contribution in [0.1, 0.15) is 39.0 Å². The fourth-order valence-corrected chi connectivity index (χ4v) is 2.91. The first-order chi connectivity index (χ1) is 9.58. The molecule has 0 heterocycles. The van der Waals surface area contributed by atoms with Gasteiger partial charge in [-0.15, -0.1) is 0 Å². The number of hydrogen-bond donors (Lipinski definition) is 0. The van der Waals surface area contributed by atoms with Gasteiger partial charge in [-0.2, -0.15) is 0 Å². The average molecular weight is 296 g/mol. The summed E-state index contributed by atoms with van der Waals surface area (Å²) in [6, 6.07) is 7.51. The van der Waals surface area contributed by atoms with Crippen LogP contribution in [0.15, 0.2) is 24.3 Å². The van der Waals surface area contributed by atoms with E-state index < -0.39 is 6.10 Å². The Balaban J connectivity index is 1.93. The minimum absolute atomic E-state index is 0.0388. The zero-order valence-electron chi connectivity index (χ0n) is 12.1. The zero-order chi connectivity index (χ0) is 14.5. The van der Waals surface area contributed by atoms with Crippen molar-refractivity contribution in [3.8, 4) is 5.75 Å². The van der Waals surface area contributed by atoms with E-state index in [9.17, 15) is 4.79 Å². The van der Waals surface area contributed by atoms with Crippen molar-refractivity contribution >= 4 is 17.5 Å². The molecule has 20 heavy (non-hydrogen) atoms. The molecule has 2 rings (SSSR count). The van der Waals surface area contributed by atoms with Crippen molar-refractivity contribution < 1.29 is 9.53 Å². The summed E-state index contributed by atoms with van der Waals surface area (Å²) >= 11 is 5.92. The van der Waals surface area contributed by atoms with E-state index in [1.807, 2.05) is 24.1 Å². The summed E-state index contributed by atoms with van der Waals surface area (Å²) in [6.07, 6.45) is 5.43. The van der Waals surface area contributed by atoms with Crippen molar-refractivity contribution in [2.24, 2.45) is 0 Å². The van der Waals surface area contributed by atoms with Crippen LogP contribution < -0.4 is 4.74 Å². The molecule has 1 aromatic rings. The minimum Gasteiger partial charge on any atom is -0.481 e. The first kappa shape index (κ1) is 15.2. The van der Waals surface area contributed by atoms with Crippen molar-refractivity contribution in [3.63, 3.8) is 0 Å². The lowest BCUT2D eigenvalue weighted by Gasteiger charge is -2.32. The van der Waals surface area contributed by atoms with E-state index in [0.717, 1.165) is 12.8 Å². The minimum atomic E-state index is -0.486. The second kappa shape index (κ2) is 6.98. The third-order valence-corrected chi connectivity index (χ3v) is 4.16. The molecular formula is C16H22ClNO2. The van der Waals surface area contributed by atoms with Crippen LogP contribution in [0.5, 0.6) is 5.75 Å². The van der Waals surface area contributed by atoms with Gasteiger partial charge in [-0.3, -0.25) is 4.79 Å². The normalized spacial score (nSPS) is 17.6. The Hall–Kier alpha value is -1.22. The largest absolute Gasteiger partial charge is 0.481 e. The van der Waals surface area contributed by atoms with Gasteiger partial charge in [-0.25, -0.2) is 0 Å². The molecule has 0 N–H and O–H groups in total. The number of amides is 1. The number of ether oxygens (including phenoxy) is 1. The summed E-state index contributed by atoms with van der Waals surface area (Å²) in [5, 5.41) is 0.614. The lowest BCUT2D eigenvalue weighted by molar-refractivity contribution is -0.139. The van der Waals surface area contributed by atoms with E-state index in [-0.39, 0.29) is 5.91 Å². The molecule has 1 atom stereocenters. The number of halogens is 1. The van der Waals surface area contributed by atoms with Gasteiger partial charge in [0.05, 0.1) is 0 Å². The van der Waals surface area contributed by atoms with Crippen molar-refractivity contribution in [2.75, 3.05) is 7.05 Å². The van der Waals surface area contributed by atoms with Crippen LogP contribution in [0.25, 0.3) is 0 Å². The van der Waals surface area contributed by atoms with Gasteiger partial charge in [0.1, 0.15) is 5.75 Å². The molecule has 0 aromatic heterocycles. The standard InChI is InChI=1S/C16H22ClNO2/c1-12(20-15-10-6-7-13(17)11-15)16(19)18(2)14-8-4-3-5-9-14/h6-7,10-12,14H,3-5,8-9H2,1-2H3/t12-/m0/s1. The van der Waals surface area contributed by atoms with Gasteiger partial charge in [-0.05, 0) is 38.0 Å². The van der Waals surface area contributed by atoms with Crippen LogP contribution in [0, 0.1) is 0 Å². The number of carbonyl (C=O) groups excluding carboxylic acids is 1. The average Bonchev–Trinajstić information content (AvgIpc) is 2.46. The Bertz CT molecular complexity index is 458. The van der Waals surface area contributed by atoms with E-state index >= 15 is 0 Å². The summed E-state index contributed by atoms with van der Waals surface area (Å²) in [7, 11) is 1.89. The Morgan fingerprint density at radius 2 is 2.05 bits per heavy atom. The third kappa shape index (κ3) is 3.89. The van der Waals surface area contributed by atoms with Crippen LogP contribution in [0.2, 0.25) is 5.02 Å². The molecule has 1 saturated carbocycles. The van der Waals surface area contributed by atoms with Crippen LogP contribution in [-0.2, 0) is 4.79 Å². The summed E-state index contributed by atoms with van der Waals surface area (Å²) in [5.74, 6) is 0.673.